The molecule has 1 spiro atoms. The predicted octanol–water partition coefficient (Wildman–Crippen LogP) is 4.74. The molecule has 0 aliphatic carbocycles. The predicted molar refractivity (Wildman–Crippen MR) is 110 cm³/mol. The van der Waals surface area contributed by atoms with Crippen LogP contribution in [0.5, 0.6) is 0 Å². The molecule has 0 N–H and O–H groups in total. The summed E-state index contributed by atoms with van der Waals surface area (Å²) in [6.45, 7) is 7.69. The molecule has 2 fully saturated rings. The summed E-state index contributed by atoms with van der Waals surface area (Å²) in [6.07, 6.45) is 4.90. The van der Waals surface area contributed by atoms with Gasteiger partial charge in [-0.2, -0.15) is 0 Å². The number of carbonyl (C=O) groups is 1. The Balaban J connectivity index is 1.41. The molecular weight excluding hydrogens is 370 g/mol. The highest BCUT2D eigenvalue weighted by atomic mass is 19.2. The Morgan fingerprint density at radius 1 is 1.03 bits per heavy atom. The van der Waals surface area contributed by atoms with Gasteiger partial charge in [-0.15, -0.1) is 0 Å². The number of carbonyl (C=O) groups excluding carboxylic acids is 1. The Labute approximate surface area is 170 Å². The number of benzene rings is 2. The highest BCUT2D eigenvalue weighted by Gasteiger charge is 2.42. The summed E-state index contributed by atoms with van der Waals surface area (Å²) < 4.78 is 26.7. The quantitative estimate of drug-likeness (QED) is 0.746. The van der Waals surface area contributed by atoms with E-state index in [1.165, 1.54) is 12.1 Å². The second kappa shape index (κ2) is 8.07. The number of nitrogens with zero attached hydrogens (tertiary/aromatic N) is 2. The molecule has 1 atom stereocenters. The number of piperidine rings is 1. The minimum atomic E-state index is -0.810. The van der Waals surface area contributed by atoms with Gasteiger partial charge in [0.05, 0.1) is 0 Å². The molecular formula is C24H26F2N2O. The summed E-state index contributed by atoms with van der Waals surface area (Å²) in [5, 5.41) is 0. The van der Waals surface area contributed by atoms with Gasteiger partial charge in [-0.25, -0.2) is 8.78 Å². The smallest absolute Gasteiger partial charge is 0.253 e. The summed E-state index contributed by atoms with van der Waals surface area (Å²) in [6, 6.07) is 11.7. The van der Waals surface area contributed by atoms with Crippen LogP contribution in [0.1, 0.15) is 40.7 Å². The molecule has 4 rings (SSSR count). The zero-order chi connectivity index (χ0) is 20.4. The molecule has 2 aromatic carbocycles. The van der Waals surface area contributed by atoms with E-state index < -0.39 is 11.6 Å². The van der Waals surface area contributed by atoms with Crippen LogP contribution in [-0.4, -0.2) is 41.9 Å². The minimum absolute atomic E-state index is 0.0789. The maximum atomic E-state index is 13.5. The lowest BCUT2D eigenvalue weighted by molar-refractivity contribution is 0.0675. The number of likely N-dealkylation sites (tertiary alicyclic amines) is 2. The zero-order valence-corrected chi connectivity index (χ0v) is 16.5. The van der Waals surface area contributed by atoms with Crippen molar-refractivity contribution >= 4 is 12.0 Å². The Bertz CT molecular complexity index is 912. The van der Waals surface area contributed by atoms with Gasteiger partial charge in [-0.05, 0) is 61.2 Å². The summed E-state index contributed by atoms with van der Waals surface area (Å²) in [5.74, 6) is -1.53. The van der Waals surface area contributed by atoms with E-state index in [0.29, 0.717) is 12.1 Å². The average molecular weight is 396 g/mol. The van der Waals surface area contributed by atoms with E-state index in [1.807, 2.05) is 29.2 Å². The van der Waals surface area contributed by atoms with E-state index in [2.05, 4.69) is 11.5 Å². The molecule has 29 heavy (non-hydrogen) atoms. The van der Waals surface area contributed by atoms with E-state index in [1.54, 1.807) is 12.1 Å². The second-order valence-electron chi connectivity index (χ2n) is 8.37. The third-order valence-corrected chi connectivity index (χ3v) is 6.25. The second-order valence-corrected chi connectivity index (χ2v) is 8.37. The monoisotopic (exact) mass is 396 g/mol. The van der Waals surface area contributed by atoms with Crippen LogP contribution in [-0.2, 0) is 6.54 Å². The van der Waals surface area contributed by atoms with Crippen LogP contribution >= 0.6 is 0 Å². The van der Waals surface area contributed by atoms with E-state index in [4.69, 9.17) is 0 Å². The first-order valence-corrected chi connectivity index (χ1v) is 10.2. The molecule has 0 radical (unpaired) electrons. The molecule has 3 nitrogen and oxygen atoms in total. The summed E-state index contributed by atoms with van der Waals surface area (Å²) in [7, 11) is 0. The molecule has 0 unspecified atom stereocenters. The first-order valence-electron chi connectivity index (χ1n) is 10.2. The normalized spacial score (nSPS) is 22.2. The van der Waals surface area contributed by atoms with Gasteiger partial charge in [-0.1, -0.05) is 30.9 Å². The molecule has 2 aromatic rings. The van der Waals surface area contributed by atoms with Crippen molar-refractivity contribution in [1.82, 2.24) is 9.80 Å². The lowest BCUT2D eigenvalue weighted by Gasteiger charge is -2.40. The maximum Gasteiger partial charge on any atom is 0.253 e. The van der Waals surface area contributed by atoms with Gasteiger partial charge in [0, 0.05) is 37.2 Å². The van der Waals surface area contributed by atoms with E-state index in [9.17, 15) is 13.6 Å². The highest BCUT2D eigenvalue weighted by Crippen LogP contribution is 2.39. The van der Waals surface area contributed by atoms with Gasteiger partial charge in [0.25, 0.3) is 5.91 Å². The Hall–Kier alpha value is -2.53. The van der Waals surface area contributed by atoms with Crippen LogP contribution in [0.15, 0.2) is 49.0 Å². The van der Waals surface area contributed by atoms with Crippen molar-refractivity contribution in [1.29, 1.82) is 0 Å². The van der Waals surface area contributed by atoms with Crippen molar-refractivity contribution in [2.45, 2.75) is 25.8 Å². The molecule has 0 saturated carbocycles. The summed E-state index contributed by atoms with van der Waals surface area (Å²) in [4.78, 5) is 17.2. The van der Waals surface area contributed by atoms with Gasteiger partial charge in [0.15, 0.2) is 11.6 Å². The molecule has 152 valence electrons. The first-order chi connectivity index (χ1) is 14.0. The van der Waals surface area contributed by atoms with Gasteiger partial charge < -0.3 is 4.90 Å². The molecule has 1 amide bonds. The maximum absolute atomic E-state index is 13.5. The lowest BCUT2D eigenvalue weighted by atomic mass is 9.79. The van der Waals surface area contributed by atoms with Crippen LogP contribution in [0.25, 0.3) is 6.08 Å². The van der Waals surface area contributed by atoms with Crippen molar-refractivity contribution in [3.8, 4) is 0 Å². The topological polar surface area (TPSA) is 23.6 Å². The van der Waals surface area contributed by atoms with Gasteiger partial charge in [-0.3, -0.25) is 9.69 Å². The van der Waals surface area contributed by atoms with Crippen molar-refractivity contribution in [2.24, 2.45) is 5.41 Å². The molecule has 0 aromatic heterocycles. The lowest BCUT2D eigenvalue weighted by Crippen LogP contribution is -2.45. The number of hydrogen-bond acceptors (Lipinski definition) is 2. The van der Waals surface area contributed by atoms with E-state index >= 15 is 0 Å². The number of rotatable bonds is 4. The molecule has 5 heteroatoms. The molecule has 0 bridgehead atoms. The van der Waals surface area contributed by atoms with Crippen LogP contribution in [0, 0.1) is 17.0 Å². The molecule has 2 heterocycles. The van der Waals surface area contributed by atoms with Crippen LogP contribution < -0.4 is 0 Å². The standard InChI is InChI=1S/C24H26F2N2O/c1-2-18-4-7-20(8-5-18)23(29)28-13-11-24(17-28)10-3-12-27(16-24)15-19-6-9-21(25)22(26)14-19/h2,4-9,14H,1,3,10-13,15-17H2/t24-/m1/s1. The third kappa shape index (κ3) is 4.25. The number of halogens is 2. The number of amides is 1. The third-order valence-electron chi connectivity index (χ3n) is 6.25. The van der Waals surface area contributed by atoms with Crippen LogP contribution in [0.4, 0.5) is 8.78 Å². The molecule has 2 aliphatic heterocycles. The average Bonchev–Trinajstić information content (AvgIpc) is 3.13. The van der Waals surface area contributed by atoms with E-state index in [-0.39, 0.29) is 11.3 Å². The summed E-state index contributed by atoms with van der Waals surface area (Å²) in [5.41, 5.74) is 2.59. The first kappa shape index (κ1) is 19.8. The van der Waals surface area contributed by atoms with Crippen molar-refractivity contribution in [3.63, 3.8) is 0 Å². The zero-order valence-electron chi connectivity index (χ0n) is 16.5. The largest absolute Gasteiger partial charge is 0.338 e. The highest BCUT2D eigenvalue weighted by molar-refractivity contribution is 5.94. The Morgan fingerprint density at radius 3 is 2.55 bits per heavy atom. The Kier molecular flexibility index (Phi) is 5.50. The molecule has 2 aliphatic rings. The Morgan fingerprint density at radius 2 is 1.83 bits per heavy atom. The van der Waals surface area contributed by atoms with Gasteiger partial charge in [0.2, 0.25) is 0 Å². The molecule has 2 saturated heterocycles. The fraction of sp³-hybridized carbons (Fsp3) is 0.375. The van der Waals surface area contributed by atoms with Crippen LogP contribution in [0.2, 0.25) is 0 Å². The van der Waals surface area contributed by atoms with Crippen molar-refractivity contribution in [3.05, 3.63) is 77.4 Å². The van der Waals surface area contributed by atoms with Gasteiger partial charge in [0.1, 0.15) is 0 Å². The number of hydrogen-bond donors (Lipinski definition) is 0. The van der Waals surface area contributed by atoms with E-state index in [0.717, 1.165) is 56.6 Å². The fourth-order valence-corrected chi connectivity index (χ4v) is 4.73. The summed E-state index contributed by atoms with van der Waals surface area (Å²) >= 11 is 0. The van der Waals surface area contributed by atoms with Crippen molar-refractivity contribution < 1.29 is 13.6 Å². The fourth-order valence-electron chi connectivity index (χ4n) is 4.73. The van der Waals surface area contributed by atoms with Gasteiger partial charge >= 0.3 is 0 Å². The minimum Gasteiger partial charge on any atom is -0.338 e. The SMILES string of the molecule is C=Cc1ccc(C(=O)N2CC[C@@]3(CCCN(Cc4ccc(F)c(F)c4)C3)C2)cc1. The van der Waals surface area contributed by atoms with Crippen molar-refractivity contribution in [2.75, 3.05) is 26.2 Å². The van der Waals surface area contributed by atoms with Crippen LogP contribution in [0.3, 0.4) is 0 Å².